The lowest BCUT2D eigenvalue weighted by atomic mass is 10.2. The SMILES string of the molecule is CC#Cc1cncc(Br)c1C. The Morgan fingerprint density at radius 1 is 1.45 bits per heavy atom. The van der Waals surface area contributed by atoms with Gasteiger partial charge in [0.15, 0.2) is 0 Å². The smallest absolute Gasteiger partial charge is 0.0469 e. The number of rotatable bonds is 0. The van der Waals surface area contributed by atoms with Crippen molar-refractivity contribution in [2.45, 2.75) is 13.8 Å². The molecule has 0 aliphatic heterocycles. The Morgan fingerprint density at radius 2 is 2.18 bits per heavy atom. The number of aromatic nitrogens is 1. The van der Waals surface area contributed by atoms with Gasteiger partial charge in [0, 0.05) is 22.4 Å². The maximum atomic E-state index is 4.01. The van der Waals surface area contributed by atoms with Crippen molar-refractivity contribution in [3.05, 3.63) is 28.0 Å². The van der Waals surface area contributed by atoms with E-state index in [0.29, 0.717) is 0 Å². The van der Waals surface area contributed by atoms with E-state index in [0.717, 1.165) is 15.6 Å². The second-order valence-electron chi connectivity index (χ2n) is 2.17. The summed E-state index contributed by atoms with van der Waals surface area (Å²) in [6.07, 6.45) is 3.55. The highest BCUT2D eigenvalue weighted by atomic mass is 79.9. The maximum Gasteiger partial charge on any atom is 0.0469 e. The van der Waals surface area contributed by atoms with Gasteiger partial charge in [-0.1, -0.05) is 5.92 Å². The standard InChI is InChI=1S/C9H8BrN/c1-3-4-8-5-11-6-9(10)7(8)2/h5-6H,1-2H3. The molecule has 0 N–H and O–H groups in total. The third-order valence-corrected chi connectivity index (χ3v) is 2.21. The Morgan fingerprint density at radius 3 is 2.82 bits per heavy atom. The van der Waals surface area contributed by atoms with Gasteiger partial charge in [0.2, 0.25) is 0 Å². The molecule has 0 unspecified atom stereocenters. The first-order valence-electron chi connectivity index (χ1n) is 3.28. The number of hydrogen-bond acceptors (Lipinski definition) is 1. The largest absolute Gasteiger partial charge is 0.262 e. The molecule has 0 saturated carbocycles. The minimum absolute atomic E-state index is 0.988. The molecule has 0 atom stereocenters. The Bertz CT molecular complexity index is 320. The van der Waals surface area contributed by atoms with Gasteiger partial charge in [-0.3, -0.25) is 4.98 Å². The summed E-state index contributed by atoms with van der Waals surface area (Å²) in [7, 11) is 0. The van der Waals surface area contributed by atoms with Crippen LogP contribution in [0.2, 0.25) is 0 Å². The van der Waals surface area contributed by atoms with Crippen molar-refractivity contribution < 1.29 is 0 Å². The summed E-state index contributed by atoms with van der Waals surface area (Å²) in [6.45, 7) is 3.84. The lowest BCUT2D eigenvalue weighted by Crippen LogP contribution is -1.85. The Hall–Kier alpha value is -0.810. The van der Waals surface area contributed by atoms with Crippen molar-refractivity contribution in [2.24, 2.45) is 0 Å². The van der Waals surface area contributed by atoms with Crippen LogP contribution in [0.25, 0.3) is 0 Å². The fourth-order valence-electron chi connectivity index (χ4n) is 0.760. The summed E-state index contributed by atoms with van der Waals surface area (Å²) in [6, 6.07) is 0. The van der Waals surface area contributed by atoms with E-state index in [9.17, 15) is 0 Å². The molecule has 0 fully saturated rings. The van der Waals surface area contributed by atoms with Crippen LogP contribution >= 0.6 is 15.9 Å². The molecule has 0 aromatic carbocycles. The molecule has 1 rings (SSSR count). The summed E-state index contributed by atoms with van der Waals surface area (Å²) < 4.78 is 1.01. The van der Waals surface area contributed by atoms with Gasteiger partial charge in [-0.2, -0.15) is 0 Å². The Labute approximate surface area is 75.0 Å². The predicted molar refractivity (Wildman–Crippen MR) is 49.2 cm³/mol. The van der Waals surface area contributed by atoms with E-state index in [4.69, 9.17) is 0 Å². The van der Waals surface area contributed by atoms with Crippen molar-refractivity contribution in [3.8, 4) is 11.8 Å². The van der Waals surface area contributed by atoms with E-state index in [2.05, 4.69) is 32.8 Å². The van der Waals surface area contributed by atoms with Crippen LogP contribution in [-0.2, 0) is 0 Å². The molecule has 1 aromatic heterocycles. The van der Waals surface area contributed by atoms with Crippen LogP contribution in [0.1, 0.15) is 18.1 Å². The van der Waals surface area contributed by atoms with Crippen molar-refractivity contribution in [2.75, 3.05) is 0 Å². The number of halogens is 1. The maximum absolute atomic E-state index is 4.01. The molecule has 11 heavy (non-hydrogen) atoms. The van der Waals surface area contributed by atoms with Crippen LogP contribution in [0.4, 0.5) is 0 Å². The van der Waals surface area contributed by atoms with Crippen LogP contribution in [0.15, 0.2) is 16.9 Å². The van der Waals surface area contributed by atoms with E-state index in [1.807, 2.05) is 13.8 Å². The van der Waals surface area contributed by atoms with Gasteiger partial charge in [0.25, 0.3) is 0 Å². The fraction of sp³-hybridized carbons (Fsp3) is 0.222. The van der Waals surface area contributed by atoms with Crippen LogP contribution in [0.3, 0.4) is 0 Å². The second-order valence-corrected chi connectivity index (χ2v) is 3.02. The first-order valence-corrected chi connectivity index (χ1v) is 4.08. The van der Waals surface area contributed by atoms with Gasteiger partial charge in [-0.05, 0) is 35.3 Å². The quantitative estimate of drug-likeness (QED) is 0.599. The summed E-state index contributed by atoms with van der Waals surface area (Å²) in [4.78, 5) is 4.01. The first kappa shape index (κ1) is 8.29. The minimum atomic E-state index is 0.988. The summed E-state index contributed by atoms with van der Waals surface area (Å²) >= 11 is 3.39. The highest BCUT2D eigenvalue weighted by Gasteiger charge is 1.97. The average Bonchev–Trinajstić information content (AvgIpc) is 1.99. The summed E-state index contributed by atoms with van der Waals surface area (Å²) in [5.41, 5.74) is 2.14. The van der Waals surface area contributed by atoms with Gasteiger partial charge < -0.3 is 0 Å². The molecule has 0 aliphatic rings. The molecule has 1 nitrogen and oxygen atoms in total. The average molecular weight is 210 g/mol. The Balaban J connectivity index is 3.23. The Kier molecular flexibility index (Phi) is 2.67. The van der Waals surface area contributed by atoms with Crippen LogP contribution in [-0.4, -0.2) is 4.98 Å². The molecule has 56 valence electrons. The van der Waals surface area contributed by atoms with Gasteiger partial charge in [0.05, 0.1) is 0 Å². The van der Waals surface area contributed by atoms with Gasteiger partial charge in [-0.25, -0.2) is 0 Å². The van der Waals surface area contributed by atoms with E-state index >= 15 is 0 Å². The van der Waals surface area contributed by atoms with Crippen molar-refractivity contribution >= 4 is 15.9 Å². The van der Waals surface area contributed by atoms with Crippen LogP contribution < -0.4 is 0 Å². The third-order valence-electron chi connectivity index (χ3n) is 1.41. The molecule has 0 bridgehead atoms. The van der Waals surface area contributed by atoms with Crippen molar-refractivity contribution in [1.29, 1.82) is 0 Å². The van der Waals surface area contributed by atoms with Gasteiger partial charge in [0.1, 0.15) is 0 Å². The molecule has 0 radical (unpaired) electrons. The van der Waals surface area contributed by atoms with E-state index in [1.165, 1.54) is 0 Å². The van der Waals surface area contributed by atoms with E-state index in [1.54, 1.807) is 12.4 Å². The van der Waals surface area contributed by atoms with Gasteiger partial charge >= 0.3 is 0 Å². The second kappa shape index (κ2) is 3.54. The normalized spacial score (nSPS) is 8.64. The lowest BCUT2D eigenvalue weighted by Gasteiger charge is -1.98. The topological polar surface area (TPSA) is 12.9 Å². The molecule has 0 aliphatic carbocycles. The van der Waals surface area contributed by atoms with E-state index < -0.39 is 0 Å². The molecule has 1 heterocycles. The highest BCUT2D eigenvalue weighted by Crippen LogP contribution is 2.16. The zero-order chi connectivity index (χ0) is 8.27. The zero-order valence-corrected chi connectivity index (χ0v) is 8.07. The van der Waals surface area contributed by atoms with Crippen LogP contribution in [0, 0.1) is 18.8 Å². The summed E-state index contributed by atoms with van der Waals surface area (Å²) in [5, 5.41) is 0. The highest BCUT2D eigenvalue weighted by molar-refractivity contribution is 9.10. The third kappa shape index (κ3) is 1.81. The van der Waals surface area contributed by atoms with Crippen LogP contribution in [0.5, 0.6) is 0 Å². The first-order chi connectivity index (χ1) is 5.25. The molecule has 2 heteroatoms. The molecule has 1 aromatic rings. The minimum Gasteiger partial charge on any atom is -0.262 e. The lowest BCUT2D eigenvalue weighted by molar-refractivity contribution is 1.24. The van der Waals surface area contributed by atoms with E-state index in [-0.39, 0.29) is 0 Å². The number of hydrogen-bond donors (Lipinski definition) is 0. The molecule has 0 amide bonds. The van der Waals surface area contributed by atoms with Crippen molar-refractivity contribution in [3.63, 3.8) is 0 Å². The predicted octanol–water partition coefficient (Wildman–Crippen LogP) is 2.52. The number of pyridine rings is 1. The molecular weight excluding hydrogens is 202 g/mol. The molecule has 0 saturated heterocycles. The molecular formula is C9H8BrN. The van der Waals surface area contributed by atoms with Gasteiger partial charge in [-0.15, -0.1) is 5.92 Å². The number of nitrogens with zero attached hydrogens (tertiary/aromatic N) is 1. The summed E-state index contributed by atoms with van der Waals surface area (Å²) in [5.74, 6) is 5.82. The van der Waals surface area contributed by atoms with Crippen molar-refractivity contribution in [1.82, 2.24) is 4.98 Å². The monoisotopic (exact) mass is 209 g/mol. The fourth-order valence-corrected chi connectivity index (χ4v) is 1.09. The molecule has 0 spiro atoms. The zero-order valence-electron chi connectivity index (χ0n) is 6.48.